The average molecular weight is 608 g/mol. The number of alkyl halides is 3. The van der Waals surface area contributed by atoms with E-state index < -0.39 is 17.3 Å². The Morgan fingerprint density at radius 1 is 1.11 bits per heavy atom. The molecule has 0 bridgehead atoms. The van der Waals surface area contributed by atoms with Crippen molar-refractivity contribution in [1.82, 2.24) is 19.3 Å². The van der Waals surface area contributed by atoms with Crippen molar-refractivity contribution >= 4 is 17.2 Å². The highest BCUT2D eigenvalue weighted by molar-refractivity contribution is 5.88. The van der Waals surface area contributed by atoms with Gasteiger partial charge in [0.1, 0.15) is 34.2 Å². The number of benzene rings is 2. The molecular weight excluding hydrogens is 571 g/mol. The van der Waals surface area contributed by atoms with Crippen LogP contribution in [0.4, 0.5) is 19.0 Å². The van der Waals surface area contributed by atoms with Crippen molar-refractivity contribution in [2.75, 3.05) is 18.9 Å². The van der Waals surface area contributed by atoms with Crippen LogP contribution in [0.15, 0.2) is 54.9 Å². The molecule has 8 nitrogen and oxygen atoms in total. The highest BCUT2D eigenvalue weighted by Gasteiger charge is 2.48. The number of nitrogen functional groups attached to an aromatic ring is 1. The first-order valence-electron chi connectivity index (χ1n) is 14.8. The fourth-order valence-corrected chi connectivity index (χ4v) is 6.90. The van der Waals surface area contributed by atoms with Crippen molar-refractivity contribution in [3.8, 4) is 17.0 Å². The maximum absolute atomic E-state index is 13.4. The van der Waals surface area contributed by atoms with Gasteiger partial charge in [-0.05, 0) is 67.5 Å². The molecule has 0 aliphatic carbocycles. The van der Waals surface area contributed by atoms with Crippen LogP contribution in [0.5, 0.6) is 5.75 Å². The SMILES string of the molecule is CCOc1cc([C@@](C)(O)c2cccc(C(F)(F)F)c2)ccc1-c1nc([C@@H]2CC[C@@H]3N(C2)C(=O)CC3(C)C)n2ccnc(N)c12. The summed E-state index contributed by atoms with van der Waals surface area (Å²) < 4.78 is 48.2. The summed E-state index contributed by atoms with van der Waals surface area (Å²) in [6.45, 7) is 8.43. The zero-order chi connectivity index (χ0) is 31.6. The molecule has 2 aromatic carbocycles. The van der Waals surface area contributed by atoms with Crippen molar-refractivity contribution in [3.63, 3.8) is 0 Å². The van der Waals surface area contributed by atoms with Gasteiger partial charge in [-0.2, -0.15) is 13.2 Å². The van der Waals surface area contributed by atoms with Gasteiger partial charge in [-0.3, -0.25) is 9.20 Å². The first kappa shape index (κ1) is 29.9. The molecule has 44 heavy (non-hydrogen) atoms. The van der Waals surface area contributed by atoms with E-state index in [0.717, 1.165) is 30.8 Å². The van der Waals surface area contributed by atoms with E-state index >= 15 is 0 Å². The number of imidazole rings is 1. The molecule has 2 aromatic heterocycles. The molecule has 0 unspecified atom stereocenters. The van der Waals surface area contributed by atoms with Crippen molar-refractivity contribution in [3.05, 3.63) is 77.4 Å². The minimum atomic E-state index is -4.54. The Labute approximate surface area is 253 Å². The van der Waals surface area contributed by atoms with E-state index in [9.17, 15) is 23.1 Å². The number of nitrogens with two attached hydrogens (primary N) is 1. The summed E-state index contributed by atoms with van der Waals surface area (Å²) in [4.78, 5) is 24.3. The van der Waals surface area contributed by atoms with E-state index in [4.69, 9.17) is 15.5 Å². The molecule has 6 rings (SSSR count). The van der Waals surface area contributed by atoms with Crippen LogP contribution >= 0.6 is 0 Å². The molecule has 0 radical (unpaired) electrons. The van der Waals surface area contributed by atoms with Crippen LogP contribution in [0.2, 0.25) is 0 Å². The van der Waals surface area contributed by atoms with Crippen LogP contribution in [0.3, 0.4) is 0 Å². The number of fused-ring (bicyclic) bond motifs is 2. The van der Waals surface area contributed by atoms with E-state index in [1.807, 2.05) is 22.4 Å². The second-order valence-electron chi connectivity index (χ2n) is 12.6. The predicted molar refractivity (Wildman–Crippen MR) is 160 cm³/mol. The van der Waals surface area contributed by atoms with E-state index in [1.54, 1.807) is 24.4 Å². The number of carbonyl (C=O) groups excluding carboxylic acids is 1. The summed E-state index contributed by atoms with van der Waals surface area (Å²) in [5.74, 6) is 1.57. The lowest BCUT2D eigenvalue weighted by atomic mass is 9.79. The lowest BCUT2D eigenvalue weighted by Crippen LogP contribution is -2.44. The zero-order valence-electron chi connectivity index (χ0n) is 25.2. The molecule has 0 spiro atoms. The number of rotatable bonds is 6. The summed E-state index contributed by atoms with van der Waals surface area (Å²) in [5, 5.41) is 11.5. The minimum Gasteiger partial charge on any atom is -0.493 e. The Kier molecular flexibility index (Phi) is 7.14. The van der Waals surface area contributed by atoms with Gasteiger partial charge in [0.25, 0.3) is 0 Å². The number of aromatic nitrogens is 3. The monoisotopic (exact) mass is 607 g/mol. The van der Waals surface area contributed by atoms with Crippen LogP contribution in [0.1, 0.15) is 75.4 Å². The quantitative estimate of drug-likeness (QED) is 0.272. The number of carbonyl (C=O) groups is 1. The number of halogens is 3. The molecule has 2 saturated heterocycles. The van der Waals surface area contributed by atoms with E-state index in [0.29, 0.717) is 47.7 Å². The smallest absolute Gasteiger partial charge is 0.416 e. The highest BCUT2D eigenvalue weighted by atomic mass is 19.4. The van der Waals surface area contributed by atoms with Crippen LogP contribution < -0.4 is 10.5 Å². The van der Waals surface area contributed by atoms with E-state index in [-0.39, 0.29) is 34.7 Å². The summed E-state index contributed by atoms with van der Waals surface area (Å²) in [5.41, 5.74) is 5.94. The normalized spacial score (nSPS) is 21.4. The first-order valence-corrected chi connectivity index (χ1v) is 14.8. The Hall–Kier alpha value is -4.12. The third-order valence-electron chi connectivity index (χ3n) is 9.24. The molecule has 3 atom stereocenters. The first-order chi connectivity index (χ1) is 20.7. The molecule has 1 amide bonds. The predicted octanol–water partition coefficient (Wildman–Crippen LogP) is 6.16. The molecule has 3 N–H and O–H groups in total. The molecule has 11 heteroatoms. The highest BCUT2D eigenvalue weighted by Crippen LogP contribution is 2.46. The molecular formula is C33H36F3N5O3. The number of amides is 1. The van der Waals surface area contributed by atoms with Crippen molar-refractivity contribution in [2.24, 2.45) is 5.41 Å². The largest absolute Gasteiger partial charge is 0.493 e. The van der Waals surface area contributed by atoms with E-state index in [1.165, 1.54) is 19.1 Å². The van der Waals surface area contributed by atoms with Gasteiger partial charge in [0.05, 0.1) is 12.2 Å². The lowest BCUT2D eigenvalue weighted by molar-refractivity contribution is -0.137. The van der Waals surface area contributed by atoms with Gasteiger partial charge in [0.15, 0.2) is 0 Å². The standard InChI is InChI=1S/C33H36F3N5O3/c1-5-44-24-16-21(32(4,43)20-7-6-8-22(15-20)33(34,35)36)10-11-23(24)27-28-29(37)38-13-14-40(28)30(39-27)19-9-12-25-31(2,3)17-26(42)41(25)18-19/h6-8,10-11,13-16,19,25,43H,5,9,12,17-18H2,1-4H3,(H2,37,38)/t19-,25+,32+/m1/s1. The van der Waals surface area contributed by atoms with Gasteiger partial charge in [-0.1, -0.05) is 32.0 Å². The van der Waals surface area contributed by atoms with Gasteiger partial charge in [0.2, 0.25) is 5.91 Å². The lowest BCUT2D eigenvalue weighted by Gasteiger charge is -2.39. The van der Waals surface area contributed by atoms with Crippen LogP contribution in [0, 0.1) is 5.41 Å². The third kappa shape index (κ3) is 4.96. The fraction of sp³-hybridized carbons (Fsp3) is 0.424. The molecule has 4 heterocycles. The van der Waals surface area contributed by atoms with Crippen molar-refractivity contribution in [2.45, 2.75) is 70.7 Å². The Morgan fingerprint density at radius 3 is 2.57 bits per heavy atom. The van der Waals surface area contributed by atoms with Crippen LogP contribution in [-0.4, -0.2) is 49.5 Å². The number of hydrogen-bond acceptors (Lipinski definition) is 6. The molecule has 2 fully saturated rings. The molecule has 2 aliphatic heterocycles. The number of piperidine rings is 1. The number of nitrogens with zero attached hydrogens (tertiary/aromatic N) is 4. The maximum atomic E-state index is 13.4. The topological polar surface area (TPSA) is 106 Å². The maximum Gasteiger partial charge on any atom is 0.416 e. The Morgan fingerprint density at radius 2 is 1.84 bits per heavy atom. The van der Waals surface area contributed by atoms with E-state index in [2.05, 4.69) is 18.8 Å². The number of ether oxygens (including phenoxy) is 1. The van der Waals surface area contributed by atoms with Gasteiger partial charge in [0, 0.05) is 42.9 Å². The van der Waals surface area contributed by atoms with Crippen molar-refractivity contribution < 1.29 is 27.8 Å². The summed E-state index contributed by atoms with van der Waals surface area (Å²) >= 11 is 0. The molecule has 232 valence electrons. The molecule has 0 saturated carbocycles. The van der Waals surface area contributed by atoms with Gasteiger partial charge < -0.3 is 20.5 Å². The van der Waals surface area contributed by atoms with Gasteiger partial charge in [-0.15, -0.1) is 0 Å². The Bertz CT molecular complexity index is 1750. The summed E-state index contributed by atoms with van der Waals surface area (Å²) in [7, 11) is 0. The number of anilines is 1. The zero-order valence-corrected chi connectivity index (χ0v) is 25.2. The number of aliphatic hydroxyl groups is 1. The van der Waals surface area contributed by atoms with Crippen LogP contribution in [-0.2, 0) is 16.6 Å². The summed E-state index contributed by atoms with van der Waals surface area (Å²) in [6, 6.07) is 9.90. The molecule has 4 aromatic rings. The Balaban J connectivity index is 1.43. The second kappa shape index (κ2) is 10.5. The fourth-order valence-electron chi connectivity index (χ4n) is 6.90. The second-order valence-corrected chi connectivity index (χ2v) is 12.6. The third-order valence-corrected chi connectivity index (χ3v) is 9.24. The van der Waals surface area contributed by atoms with Crippen molar-refractivity contribution in [1.29, 1.82) is 0 Å². The van der Waals surface area contributed by atoms with Gasteiger partial charge in [-0.25, -0.2) is 9.97 Å². The van der Waals surface area contributed by atoms with Gasteiger partial charge >= 0.3 is 6.18 Å². The minimum absolute atomic E-state index is 0.0244. The van der Waals surface area contributed by atoms with Crippen LogP contribution in [0.25, 0.3) is 16.8 Å². The number of hydrogen-bond donors (Lipinski definition) is 2. The average Bonchev–Trinajstić information content (AvgIpc) is 3.47. The summed E-state index contributed by atoms with van der Waals surface area (Å²) in [6.07, 6.45) is 1.15. The molecule has 2 aliphatic rings.